The van der Waals surface area contributed by atoms with Gasteiger partial charge in [-0.05, 0) is 37.1 Å². The molecule has 1 saturated heterocycles. The van der Waals surface area contributed by atoms with E-state index in [0.29, 0.717) is 53.4 Å². The van der Waals surface area contributed by atoms with Gasteiger partial charge in [-0.3, -0.25) is 19.5 Å². The van der Waals surface area contributed by atoms with E-state index in [1.54, 1.807) is 35.4 Å². The lowest BCUT2D eigenvalue weighted by Gasteiger charge is -2.38. The van der Waals surface area contributed by atoms with Crippen molar-refractivity contribution in [2.75, 3.05) is 24.5 Å². The molecule has 0 radical (unpaired) electrons. The Bertz CT molecular complexity index is 1280. The molecule has 1 aromatic carbocycles. The summed E-state index contributed by atoms with van der Waals surface area (Å²) in [5.74, 6) is -1.70. The Balaban J connectivity index is 1.45. The van der Waals surface area contributed by atoms with Crippen LogP contribution in [0, 0.1) is 0 Å². The van der Waals surface area contributed by atoms with E-state index in [2.05, 4.69) is 15.2 Å². The Labute approximate surface area is 191 Å². The van der Waals surface area contributed by atoms with Gasteiger partial charge >= 0.3 is 5.97 Å². The number of halogens is 2. The molecule has 1 fully saturated rings. The molecule has 0 unspecified atom stereocenters. The Morgan fingerprint density at radius 2 is 1.91 bits per heavy atom. The molecule has 2 N–H and O–H groups in total. The highest BCUT2D eigenvalue weighted by molar-refractivity contribution is 6.43. The third-order valence-electron chi connectivity index (χ3n) is 6.21. The van der Waals surface area contributed by atoms with Crippen molar-refractivity contribution in [3.05, 3.63) is 51.8 Å². The first-order chi connectivity index (χ1) is 15.3. The summed E-state index contributed by atoms with van der Waals surface area (Å²) in [5.41, 5.74) is 1.60. The van der Waals surface area contributed by atoms with Crippen molar-refractivity contribution in [3.63, 3.8) is 0 Å². The number of H-pyrrole nitrogens is 1. The summed E-state index contributed by atoms with van der Waals surface area (Å²) >= 11 is 12.7. The van der Waals surface area contributed by atoms with Gasteiger partial charge in [-0.1, -0.05) is 23.2 Å². The number of hydrogen-bond donors (Lipinski definition) is 2. The zero-order chi connectivity index (χ0) is 22.6. The number of carbonyl (C=O) groups excluding carboxylic acids is 2. The number of nitrogens with zero attached hydrogens (tertiary/aromatic N) is 4. The van der Waals surface area contributed by atoms with Gasteiger partial charge < -0.3 is 14.9 Å². The standard InChI is InChI=1S/C21H17Cl2N5O4/c22-11-1-4-15-17(18(11)23)21(20(32)28(15)10-16(29)30)5-7-27(8-6-21)19(31)13-3-2-12-14(25-13)9-24-26-12/h1-4,9H,5-8,10H2,(H,24,26)(H,29,30). The van der Waals surface area contributed by atoms with E-state index in [9.17, 15) is 19.5 Å². The summed E-state index contributed by atoms with van der Waals surface area (Å²) < 4.78 is 0. The van der Waals surface area contributed by atoms with Gasteiger partial charge in [0, 0.05) is 18.7 Å². The highest BCUT2D eigenvalue weighted by Gasteiger charge is 2.54. The first-order valence-electron chi connectivity index (χ1n) is 9.93. The first kappa shape index (κ1) is 20.7. The minimum Gasteiger partial charge on any atom is -0.480 e. The molecule has 0 saturated carbocycles. The lowest BCUT2D eigenvalue weighted by Crippen LogP contribution is -2.51. The van der Waals surface area contributed by atoms with E-state index < -0.39 is 17.9 Å². The maximum Gasteiger partial charge on any atom is 0.323 e. The number of hydrogen-bond acceptors (Lipinski definition) is 5. The van der Waals surface area contributed by atoms with Crippen LogP contribution in [0.25, 0.3) is 11.0 Å². The van der Waals surface area contributed by atoms with Crippen LogP contribution >= 0.6 is 23.2 Å². The summed E-state index contributed by atoms with van der Waals surface area (Å²) in [6.45, 7) is 0.112. The molecule has 3 aromatic rings. The third kappa shape index (κ3) is 3.03. The van der Waals surface area contributed by atoms with E-state index in [1.807, 2.05) is 0 Å². The number of aliphatic carboxylic acids is 1. The van der Waals surface area contributed by atoms with E-state index >= 15 is 0 Å². The number of carbonyl (C=O) groups is 3. The number of aromatic amines is 1. The van der Waals surface area contributed by atoms with Gasteiger partial charge in [0.25, 0.3) is 5.91 Å². The molecule has 0 aliphatic carbocycles. The molecule has 0 bridgehead atoms. The normalized spacial score (nSPS) is 17.2. The summed E-state index contributed by atoms with van der Waals surface area (Å²) in [4.78, 5) is 45.1. The summed E-state index contributed by atoms with van der Waals surface area (Å²) in [6.07, 6.45) is 2.15. The maximum absolute atomic E-state index is 13.4. The molecule has 4 heterocycles. The topological polar surface area (TPSA) is 119 Å². The van der Waals surface area contributed by atoms with Gasteiger partial charge in [0.1, 0.15) is 17.8 Å². The minimum absolute atomic E-state index is 0.242. The predicted octanol–water partition coefficient (Wildman–Crippen LogP) is 2.87. The number of likely N-dealkylation sites (tertiary alicyclic amines) is 1. The van der Waals surface area contributed by atoms with Crippen molar-refractivity contribution in [3.8, 4) is 0 Å². The van der Waals surface area contributed by atoms with Crippen molar-refractivity contribution in [1.82, 2.24) is 20.1 Å². The van der Waals surface area contributed by atoms with Crippen LogP contribution < -0.4 is 4.90 Å². The van der Waals surface area contributed by atoms with Crippen LogP contribution in [0.2, 0.25) is 10.0 Å². The highest BCUT2D eigenvalue weighted by atomic mass is 35.5. The minimum atomic E-state index is -1.12. The van der Waals surface area contributed by atoms with E-state index in [4.69, 9.17) is 23.2 Å². The van der Waals surface area contributed by atoms with Crippen LogP contribution in [0.3, 0.4) is 0 Å². The molecular weight excluding hydrogens is 457 g/mol. The second-order valence-electron chi connectivity index (χ2n) is 7.91. The second kappa shape index (κ2) is 7.46. The molecule has 164 valence electrons. The number of pyridine rings is 1. The monoisotopic (exact) mass is 473 g/mol. The molecule has 32 heavy (non-hydrogen) atoms. The molecule has 11 heteroatoms. The number of anilines is 1. The van der Waals surface area contributed by atoms with E-state index in [1.165, 1.54) is 4.90 Å². The SMILES string of the molecule is O=C(O)CN1C(=O)C2(CCN(C(=O)c3ccc4[nH]ncc4n3)CC2)c2c1ccc(Cl)c2Cl. The van der Waals surface area contributed by atoms with Crippen LogP contribution in [0.4, 0.5) is 5.69 Å². The van der Waals surface area contributed by atoms with Gasteiger partial charge in [-0.2, -0.15) is 5.10 Å². The second-order valence-corrected chi connectivity index (χ2v) is 8.70. The largest absolute Gasteiger partial charge is 0.480 e. The van der Waals surface area contributed by atoms with Gasteiger partial charge in [0.15, 0.2) is 0 Å². The highest BCUT2D eigenvalue weighted by Crippen LogP contribution is 2.52. The fourth-order valence-corrected chi connectivity index (χ4v) is 5.15. The fourth-order valence-electron chi connectivity index (χ4n) is 4.65. The first-order valence-corrected chi connectivity index (χ1v) is 10.7. The van der Waals surface area contributed by atoms with Crippen LogP contribution in [0.5, 0.6) is 0 Å². The van der Waals surface area contributed by atoms with Crippen LogP contribution in [-0.4, -0.2) is 62.6 Å². The van der Waals surface area contributed by atoms with Crippen molar-refractivity contribution in [2.45, 2.75) is 18.3 Å². The number of benzene rings is 1. The summed E-state index contributed by atoms with van der Waals surface area (Å²) in [5, 5.41) is 16.6. The Hall–Kier alpha value is -3.17. The Morgan fingerprint density at radius 1 is 1.16 bits per heavy atom. The van der Waals surface area contributed by atoms with Gasteiger partial charge in [0.2, 0.25) is 5.91 Å². The molecule has 0 atom stereocenters. The number of nitrogens with one attached hydrogen (secondary N) is 1. The third-order valence-corrected chi connectivity index (χ3v) is 7.01. The van der Waals surface area contributed by atoms with Crippen molar-refractivity contribution in [2.24, 2.45) is 0 Å². The Morgan fingerprint density at radius 3 is 2.62 bits per heavy atom. The van der Waals surface area contributed by atoms with Crippen molar-refractivity contribution in [1.29, 1.82) is 0 Å². The molecule has 9 nitrogen and oxygen atoms in total. The molecule has 5 rings (SSSR count). The summed E-state index contributed by atoms with van der Waals surface area (Å²) in [7, 11) is 0. The molecule has 2 aliphatic heterocycles. The number of carboxylic acid groups (broad SMARTS) is 1. The smallest absolute Gasteiger partial charge is 0.323 e. The Kier molecular flexibility index (Phi) is 4.83. The lowest BCUT2D eigenvalue weighted by molar-refractivity contribution is -0.137. The van der Waals surface area contributed by atoms with Crippen LogP contribution in [0.1, 0.15) is 28.9 Å². The van der Waals surface area contributed by atoms with Crippen molar-refractivity contribution >= 4 is 57.7 Å². The van der Waals surface area contributed by atoms with Gasteiger partial charge in [-0.15, -0.1) is 0 Å². The molecular formula is C21H17Cl2N5O4. The molecule has 2 amide bonds. The molecule has 2 aliphatic rings. The zero-order valence-electron chi connectivity index (χ0n) is 16.6. The van der Waals surface area contributed by atoms with Gasteiger partial charge in [-0.25, -0.2) is 4.98 Å². The zero-order valence-corrected chi connectivity index (χ0v) is 18.2. The number of fused-ring (bicyclic) bond motifs is 3. The predicted molar refractivity (Wildman–Crippen MR) is 117 cm³/mol. The fraction of sp³-hybridized carbons (Fsp3) is 0.286. The van der Waals surface area contributed by atoms with E-state index in [-0.39, 0.29) is 16.8 Å². The lowest BCUT2D eigenvalue weighted by atomic mass is 9.73. The number of amides is 2. The average molecular weight is 474 g/mol. The van der Waals surface area contributed by atoms with Gasteiger partial charge in [0.05, 0.1) is 32.9 Å². The number of piperidine rings is 1. The van der Waals surface area contributed by atoms with Crippen molar-refractivity contribution < 1.29 is 19.5 Å². The van der Waals surface area contributed by atoms with E-state index in [0.717, 1.165) is 5.52 Å². The number of rotatable bonds is 3. The maximum atomic E-state index is 13.4. The summed E-state index contributed by atoms with van der Waals surface area (Å²) in [6, 6.07) is 6.56. The average Bonchev–Trinajstić information content (AvgIpc) is 3.33. The van der Waals surface area contributed by atoms with Crippen LogP contribution in [0.15, 0.2) is 30.5 Å². The molecule has 1 spiro atoms. The number of aromatic nitrogens is 3. The number of carboxylic acids is 1. The van der Waals surface area contributed by atoms with Crippen LogP contribution in [-0.2, 0) is 15.0 Å². The quantitative estimate of drug-likeness (QED) is 0.603. The molecule has 2 aromatic heterocycles.